The number of ether oxygens (including phenoxy) is 1. The molecule has 0 aliphatic carbocycles. The first-order chi connectivity index (χ1) is 18.9. The second-order valence-corrected chi connectivity index (χ2v) is 10.9. The summed E-state index contributed by atoms with van der Waals surface area (Å²) in [5.41, 5.74) is 0.820. The number of hydrazone groups is 1. The first-order valence-electron chi connectivity index (χ1n) is 11.6. The molecule has 0 radical (unpaired) electrons. The van der Waals surface area contributed by atoms with Gasteiger partial charge in [-0.1, -0.05) is 11.3 Å². The standard InChI is InChI=1S/C26H22N6O5S2/c1-36-20-8-11-23-24(17-20)38-26(30-23)32(29-18-21-5-2-16-37-21)25(33)19-6-9-22(10-7-19)39(34,35)31(14-3-12-27)15-4-13-28/h2,5-11,16-18H,3-4,14-15H2,1H3/b29-18+. The molecule has 198 valence electrons. The van der Waals surface area contributed by atoms with Crippen LogP contribution in [0.3, 0.4) is 0 Å². The molecule has 4 rings (SSSR count). The van der Waals surface area contributed by atoms with E-state index >= 15 is 0 Å². The molecule has 11 nitrogen and oxygen atoms in total. The van der Waals surface area contributed by atoms with E-state index in [2.05, 4.69) is 10.1 Å². The van der Waals surface area contributed by atoms with Crippen molar-refractivity contribution < 1.29 is 22.4 Å². The van der Waals surface area contributed by atoms with Gasteiger partial charge in [-0.05, 0) is 54.6 Å². The maximum absolute atomic E-state index is 13.6. The zero-order valence-electron chi connectivity index (χ0n) is 20.7. The van der Waals surface area contributed by atoms with Gasteiger partial charge in [0.15, 0.2) is 0 Å². The lowest BCUT2D eigenvalue weighted by atomic mass is 10.2. The second kappa shape index (κ2) is 12.3. The van der Waals surface area contributed by atoms with E-state index in [-0.39, 0.29) is 36.4 Å². The molecule has 39 heavy (non-hydrogen) atoms. The number of nitrogens with zero attached hydrogens (tertiary/aromatic N) is 6. The van der Waals surface area contributed by atoms with E-state index in [0.29, 0.717) is 22.2 Å². The van der Waals surface area contributed by atoms with Crippen LogP contribution in [0, 0.1) is 22.7 Å². The molecule has 13 heteroatoms. The fraction of sp³-hybridized carbons (Fsp3) is 0.192. The second-order valence-electron chi connectivity index (χ2n) is 7.95. The molecule has 4 aromatic rings. The van der Waals surface area contributed by atoms with Gasteiger partial charge >= 0.3 is 0 Å². The molecule has 0 aliphatic heterocycles. The van der Waals surface area contributed by atoms with Gasteiger partial charge in [-0.3, -0.25) is 4.79 Å². The number of furan rings is 1. The van der Waals surface area contributed by atoms with E-state index in [0.717, 1.165) is 14.0 Å². The highest BCUT2D eigenvalue weighted by Crippen LogP contribution is 2.32. The van der Waals surface area contributed by atoms with E-state index in [1.165, 1.54) is 48.1 Å². The van der Waals surface area contributed by atoms with Crippen molar-refractivity contribution in [2.45, 2.75) is 17.7 Å². The number of rotatable bonds is 11. The predicted molar refractivity (Wildman–Crippen MR) is 145 cm³/mol. The van der Waals surface area contributed by atoms with E-state index in [1.54, 1.807) is 37.4 Å². The minimum atomic E-state index is -3.98. The number of thiazole rings is 1. The Hall–Kier alpha value is -4.56. The zero-order valence-corrected chi connectivity index (χ0v) is 22.4. The average molecular weight is 563 g/mol. The van der Waals surface area contributed by atoms with E-state index in [4.69, 9.17) is 19.7 Å². The molecule has 0 aliphatic rings. The number of carbonyl (C=O) groups is 1. The first kappa shape index (κ1) is 27.5. The van der Waals surface area contributed by atoms with Gasteiger partial charge in [0, 0.05) is 31.5 Å². The molecule has 0 saturated carbocycles. The average Bonchev–Trinajstić information content (AvgIpc) is 3.62. The van der Waals surface area contributed by atoms with Crippen molar-refractivity contribution >= 4 is 48.8 Å². The summed E-state index contributed by atoms with van der Waals surface area (Å²) in [7, 11) is -2.42. The van der Waals surface area contributed by atoms with Crippen LogP contribution in [0.1, 0.15) is 29.0 Å². The van der Waals surface area contributed by atoms with Gasteiger partial charge in [0.05, 0.1) is 46.8 Å². The molecule has 0 atom stereocenters. The third-order valence-electron chi connectivity index (χ3n) is 5.49. The number of carbonyl (C=O) groups excluding carboxylic acids is 1. The van der Waals surface area contributed by atoms with Crippen LogP contribution in [-0.2, 0) is 10.0 Å². The van der Waals surface area contributed by atoms with Crippen LogP contribution >= 0.6 is 11.3 Å². The van der Waals surface area contributed by atoms with Gasteiger partial charge in [-0.25, -0.2) is 13.4 Å². The minimum absolute atomic E-state index is 0.0160. The van der Waals surface area contributed by atoms with E-state index in [1.807, 2.05) is 12.1 Å². The summed E-state index contributed by atoms with van der Waals surface area (Å²) in [5.74, 6) is 0.524. The molecule has 2 heterocycles. The predicted octanol–water partition coefficient (Wildman–Crippen LogP) is 4.40. The number of methoxy groups -OCH3 is 1. The van der Waals surface area contributed by atoms with Crippen molar-refractivity contribution in [2.24, 2.45) is 5.10 Å². The zero-order chi connectivity index (χ0) is 27.8. The van der Waals surface area contributed by atoms with E-state index < -0.39 is 15.9 Å². The summed E-state index contributed by atoms with van der Waals surface area (Å²) in [6.45, 7) is -0.0856. The molecule has 2 aromatic carbocycles. The number of fused-ring (bicyclic) bond motifs is 1. The van der Waals surface area contributed by atoms with Crippen molar-refractivity contribution in [3.63, 3.8) is 0 Å². The summed E-state index contributed by atoms with van der Waals surface area (Å²) < 4.78 is 38.7. The number of sulfonamides is 1. The molecule has 1 amide bonds. The van der Waals surface area contributed by atoms with Crippen LogP contribution < -0.4 is 9.75 Å². The Morgan fingerprint density at radius 2 is 1.85 bits per heavy atom. The number of amides is 1. The molecule has 0 bridgehead atoms. The van der Waals surface area contributed by atoms with Crippen LogP contribution in [0.4, 0.5) is 5.13 Å². The fourth-order valence-corrected chi connectivity index (χ4v) is 5.91. The molecule has 0 saturated heterocycles. The third-order valence-corrected chi connectivity index (χ3v) is 8.39. The highest BCUT2D eigenvalue weighted by molar-refractivity contribution is 7.89. The number of hydrogen-bond acceptors (Lipinski definition) is 10. The molecular formula is C26H22N6O5S2. The van der Waals surface area contributed by atoms with Gasteiger partial charge in [0.1, 0.15) is 11.5 Å². The highest BCUT2D eigenvalue weighted by atomic mass is 32.2. The highest BCUT2D eigenvalue weighted by Gasteiger charge is 2.26. The molecule has 0 fully saturated rings. The number of aromatic nitrogens is 1. The minimum Gasteiger partial charge on any atom is -0.497 e. The Balaban J connectivity index is 1.66. The number of hydrogen-bond donors (Lipinski definition) is 0. The maximum Gasteiger partial charge on any atom is 0.280 e. The largest absolute Gasteiger partial charge is 0.497 e. The summed E-state index contributed by atoms with van der Waals surface area (Å²) >= 11 is 1.24. The summed E-state index contributed by atoms with van der Waals surface area (Å²) in [4.78, 5) is 18.1. The summed E-state index contributed by atoms with van der Waals surface area (Å²) in [5, 5.41) is 23.5. The van der Waals surface area contributed by atoms with E-state index in [9.17, 15) is 13.2 Å². The molecular weight excluding hydrogens is 540 g/mol. The lowest BCUT2D eigenvalue weighted by Gasteiger charge is -2.20. The molecule has 0 unspecified atom stereocenters. The van der Waals surface area contributed by atoms with Crippen LogP contribution in [0.2, 0.25) is 0 Å². The number of anilines is 1. The van der Waals surface area contributed by atoms with Crippen molar-refractivity contribution in [1.82, 2.24) is 9.29 Å². The topological polar surface area (TPSA) is 153 Å². The normalized spacial score (nSPS) is 11.5. The molecule has 0 N–H and O–H groups in total. The van der Waals surface area contributed by atoms with Crippen LogP contribution in [0.15, 0.2) is 75.3 Å². The van der Waals surface area contributed by atoms with Gasteiger partial charge < -0.3 is 9.15 Å². The van der Waals surface area contributed by atoms with Crippen molar-refractivity contribution in [3.8, 4) is 17.9 Å². The Morgan fingerprint density at radius 1 is 1.13 bits per heavy atom. The smallest absolute Gasteiger partial charge is 0.280 e. The molecule has 2 aromatic heterocycles. The van der Waals surface area contributed by atoms with Gasteiger partial charge in [-0.2, -0.15) is 24.9 Å². The SMILES string of the molecule is COc1ccc2nc(N(/N=C/c3ccco3)C(=O)c3ccc(S(=O)(=O)N(CCC#N)CCC#N)cc3)sc2c1. The Kier molecular flexibility index (Phi) is 8.68. The Labute approximate surface area is 228 Å². The van der Waals surface area contributed by atoms with Crippen LogP contribution in [0.5, 0.6) is 5.75 Å². The quantitative estimate of drug-likeness (QED) is 0.193. The van der Waals surface area contributed by atoms with Crippen molar-refractivity contribution in [3.05, 3.63) is 72.2 Å². The maximum atomic E-state index is 13.6. The Morgan fingerprint density at radius 3 is 2.46 bits per heavy atom. The number of benzene rings is 2. The van der Waals surface area contributed by atoms with Crippen LogP contribution in [-0.4, -0.2) is 50.0 Å². The van der Waals surface area contributed by atoms with Crippen LogP contribution in [0.25, 0.3) is 10.2 Å². The van der Waals surface area contributed by atoms with Gasteiger partial charge in [0.25, 0.3) is 5.91 Å². The summed E-state index contributed by atoms with van der Waals surface area (Å²) in [6.07, 6.45) is 2.83. The van der Waals surface area contributed by atoms with Crippen molar-refractivity contribution in [2.75, 3.05) is 25.2 Å². The molecule has 0 spiro atoms. The first-order valence-corrected chi connectivity index (χ1v) is 13.8. The monoisotopic (exact) mass is 562 g/mol. The lowest BCUT2D eigenvalue weighted by Crippen LogP contribution is -2.33. The number of nitriles is 2. The Bertz CT molecular complexity index is 1650. The van der Waals surface area contributed by atoms with Gasteiger partial charge in [0.2, 0.25) is 15.2 Å². The lowest BCUT2D eigenvalue weighted by molar-refractivity contribution is 0.0987. The van der Waals surface area contributed by atoms with Gasteiger partial charge in [-0.15, -0.1) is 0 Å². The van der Waals surface area contributed by atoms with Crippen molar-refractivity contribution in [1.29, 1.82) is 10.5 Å². The third kappa shape index (κ3) is 6.30. The summed E-state index contributed by atoms with van der Waals surface area (Å²) in [6, 6.07) is 17.9. The fourth-order valence-electron chi connectivity index (χ4n) is 3.52.